The molecule has 0 radical (unpaired) electrons. The van der Waals surface area contributed by atoms with Gasteiger partial charge in [-0.2, -0.15) is 13.2 Å². The number of aromatic hydroxyl groups is 1. The van der Waals surface area contributed by atoms with Gasteiger partial charge in [0.15, 0.2) is 5.78 Å². The largest absolute Gasteiger partial charge is 0.507 e. The van der Waals surface area contributed by atoms with Gasteiger partial charge in [-0.1, -0.05) is 6.07 Å². The molecule has 3 N–H and O–H groups in total. The Morgan fingerprint density at radius 2 is 2.00 bits per heavy atom. The first-order valence-corrected chi connectivity index (χ1v) is 4.00. The Morgan fingerprint density at radius 1 is 1.40 bits per heavy atom. The van der Waals surface area contributed by atoms with E-state index >= 15 is 0 Å². The molecule has 0 fully saturated rings. The normalized spacial score (nSPS) is 11.5. The number of ketones is 1. The highest BCUT2D eigenvalue weighted by molar-refractivity contribution is 6.00. The predicted molar refractivity (Wildman–Crippen MR) is 46.5 cm³/mol. The highest BCUT2D eigenvalue weighted by Crippen LogP contribution is 2.37. The summed E-state index contributed by atoms with van der Waals surface area (Å²) in [6.07, 6.45) is -4.69. The van der Waals surface area contributed by atoms with Gasteiger partial charge in [-0.05, 0) is 12.1 Å². The van der Waals surface area contributed by atoms with Gasteiger partial charge in [0, 0.05) is 0 Å². The second kappa shape index (κ2) is 3.90. The van der Waals surface area contributed by atoms with E-state index in [1.54, 1.807) is 0 Å². The highest BCUT2D eigenvalue weighted by atomic mass is 19.4. The Bertz CT molecular complexity index is 387. The fraction of sp³-hybridized carbons (Fsp3) is 0.222. The molecule has 3 nitrogen and oxygen atoms in total. The minimum atomic E-state index is -4.69. The average molecular weight is 219 g/mol. The van der Waals surface area contributed by atoms with E-state index < -0.39 is 35.4 Å². The van der Waals surface area contributed by atoms with Crippen LogP contribution in [0.4, 0.5) is 13.2 Å². The molecule has 6 heteroatoms. The van der Waals surface area contributed by atoms with Crippen molar-refractivity contribution in [1.82, 2.24) is 0 Å². The van der Waals surface area contributed by atoms with Crippen molar-refractivity contribution < 1.29 is 23.1 Å². The van der Waals surface area contributed by atoms with Gasteiger partial charge < -0.3 is 10.8 Å². The van der Waals surface area contributed by atoms with Crippen LogP contribution < -0.4 is 5.73 Å². The Balaban J connectivity index is 3.30. The number of nitrogens with two attached hydrogens (primary N) is 1. The minimum absolute atomic E-state index is 0.410. The fourth-order valence-corrected chi connectivity index (χ4v) is 1.11. The molecule has 0 heterocycles. The van der Waals surface area contributed by atoms with Gasteiger partial charge in [0.1, 0.15) is 5.75 Å². The van der Waals surface area contributed by atoms with E-state index in [1.165, 1.54) is 0 Å². The molecule has 1 aromatic carbocycles. The first-order chi connectivity index (χ1) is 6.88. The van der Waals surface area contributed by atoms with E-state index in [0.29, 0.717) is 6.07 Å². The van der Waals surface area contributed by atoms with Crippen molar-refractivity contribution in [1.29, 1.82) is 0 Å². The lowest BCUT2D eigenvalue weighted by molar-refractivity contribution is -0.138. The van der Waals surface area contributed by atoms with Gasteiger partial charge in [-0.3, -0.25) is 4.79 Å². The second-order valence-electron chi connectivity index (χ2n) is 2.83. The molecule has 0 aliphatic rings. The third-order valence-corrected chi connectivity index (χ3v) is 1.83. The van der Waals surface area contributed by atoms with Gasteiger partial charge in [0.2, 0.25) is 0 Å². The van der Waals surface area contributed by atoms with Crippen LogP contribution in [0.3, 0.4) is 0 Å². The summed E-state index contributed by atoms with van der Waals surface area (Å²) < 4.78 is 36.9. The van der Waals surface area contributed by atoms with Crippen molar-refractivity contribution >= 4 is 5.78 Å². The van der Waals surface area contributed by atoms with Crippen LogP contribution in [0.1, 0.15) is 15.9 Å². The van der Waals surface area contributed by atoms with Crippen molar-refractivity contribution in [2.75, 3.05) is 6.54 Å². The summed E-state index contributed by atoms with van der Waals surface area (Å²) in [4.78, 5) is 11.1. The summed E-state index contributed by atoms with van der Waals surface area (Å²) in [6, 6.07) is 2.84. The fourth-order valence-electron chi connectivity index (χ4n) is 1.11. The highest BCUT2D eigenvalue weighted by Gasteiger charge is 2.35. The molecule has 0 unspecified atom stereocenters. The Morgan fingerprint density at radius 3 is 2.47 bits per heavy atom. The summed E-state index contributed by atoms with van der Waals surface area (Å²) >= 11 is 0. The summed E-state index contributed by atoms with van der Waals surface area (Å²) in [7, 11) is 0. The number of hydrogen-bond donors (Lipinski definition) is 2. The molecule has 0 saturated heterocycles. The average Bonchev–Trinajstić information content (AvgIpc) is 2.15. The zero-order valence-electron chi connectivity index (χ0n) is 7.51. The molecule has 0 bridgehead atoms. The number of rotatable bonds is 2. The van der Waals surface area contributed by atoms with Crippen molar-refractivity contribution in [3.05, 3.63) is 29.3 Å². The van der Waals surface area contributed by atoms with Gasteiger partial charge in [-0.25, -0.2) is 0 Å². The number of carbonyl (C=O) groups excluding carboxylic acids is 1. The quantitative estimate of drug-likeness (QED) is 0.742. The van der Waals surface area contributed by atoms with E-state index in [9.17, 15) is 23.1 Å². The molecule has 1 rings (SSSR count). The second-order valence-corrected chi connectivity index (χ2v) is 2.83. The number of phenols is 1. The first kappa shape index (κ1) is 11.5. The molecular weight excluding hydrogens is 211 g/mol. The maximum Gasteiger partial charge on any atom is 0.419 e. The smallest absolute Gasteiger partial charge is 0.419 e. The van der Waals surface area contributed by atoms with Crippen molar-refractivity contribution in [2.45, 2.75) is 6.18 Å². The van der Waals surface area contributed by atoms with Crippen LogP contribution in [0.5, 0.6) is 5.75 Å². The molecule has 0 saturated carbocycles. The van der Waals surface area contributed by atoms with Crippen LogP contribution in [0, 0.1) is 0 Å². The van der Waals surface area contributed by atoms with Crippen LogP contribution in [-0.4, -0.2) is 17.4 Å². The maximum atomic E-state index is 12.3. The van der Waals surface area contributed by atoms with Crippen molar-refractivity contribution in [3.8, 4) is 5.75 Å². The Labute approximate surface area is 83.3 Å². The van der Waals surface area contributed by atoms with Crippen LogP contribution >= 0.6 is 0 Å². The lowest BCUT2D eigenvalue weighted by Crippen LogP contribution is -2.15. The molecule has 82 valence electrons. The number of hydrogen-bond acceptors (Lipinski definition) is 3. The van der Waals surface area contributed by atoms with Gasteiger partial charge in [0.25, 0.3) is 0 Å². The summed E-state index contributed by atoms with van der Waals surface area (Å²) in [6.45, 7) is -0.450. The molecule has 0 amide bonds. The van der Waals surface area contributed by atoms with E-state index in [0.717, 1.165) is 12.1 Å². The summed E-state index contributed by atoms with van der Waals surface area (Å²) in [5.74, 6) is -1.81. The number of benzene rings is 1. The topological polar surface area (TPSA) is 63.3 Å². The predicted octanol–water partition coefficient (Wildman–Crippen LogP) is 1.55. The number of Topliss-reactive ketones (excluding diaryl/α,β-unsaturated/α-hetero) is 1. The standard InChI is InChI=1S/C9H8F3NO2/c10-9(11,12)6-3-1-2-5(8(6)15)7(14)4-13/h1-3,15H,4,13H2. The lowest BCUT2D eigenvalue weighted by atomic mass is 10.0. The molecule has 0 spiro atoms. The number of halogens is 3. The van der Waals surface area contributed by atoms with Crippen LogP contribution in [0.25, 0.3) is 0 Å². The summed E-state index contributed by atoms with van der Waals surface area (Å²) in [5, 5.41) is 9.23. The molecule has 0 aromatic heterocycles. The molecular formula is C9H8F3NO2. The third-order valence-electron chi connectivity index (χ3n) is 1.83. The lowest BCUT2D eigenvalue weighted by Gasteiger charge is -2.10. The van der Waals surface area contributed by atoms with Gasteiger partial charge in [-0.15, -0.1) is 0 Å². The van der Waals surface area contributed by atoms with E-state index in [1.807, 2.05) is 0 Å². The van der Waals surface area contributed by atoms with Crippen LogP contribution in [-0.2, 0) is 6.18 Å². The van der Waals surface area contributed by atoms with Crippen LogP contribution in [0.15, 0.2) is 18.2 Å². The third kappa shape index (κ3) is 2.27. The number of alkyl halides is 3. The monoisotopic (exact) mass is 219 g/mol. The number of para-hydroxylation sites is 1. The molecule has 0 aliphatic carbocycles. The van der Waals surface area contributed by atoms with E-state index in [-0.39, 0.29) is 0 Å². The minimum Gasteiger partial charge on any atom is -0.507 e. The molecule has 0 atom stereocenters. The zero-order valence-corrected chi connectivity index (χ0v) is 7.51. The number of phenolic OH excluding ortho intramolecular Hbond substituents is 1. The van der Waals surface area contributed by atoms with Gasteiger partial charge >= 0.3 is 6.18 Å². The summed E-state index contributed by atoms with van der Waals surface area (Å²) in [5.41, 5.74) is 3.35. The maximum absolute atomic E-state index is 12.3. The van der Waals surface area contributed by atoms with Crippen molar-refractivity contribution in [3.63, 3.8) is 0 Å². The Kier molecular flexibility index (Phi) is 2.99. The zero-order chi connectivity index (χ0) is 11.6. The van der Waals surface area contributed by atoms with Crippen molar-refractivity contribution in [2.24, 2.45) is 5.73 Å². The molecule has 15 heavy (non-hydrogen) atoms. The molecule has 1 aromatic rings. The molecule has 0 aliphatic heterocycles. The van der Waals surface area contributed by atoms with E-state index in [2.05, 4.69) is 0 Å². The first-order valence-electron chi connectivity index (χ1n) is 4.00. The van der Waals surface area contributed by atoms with Gasteiger partial charge in [0.05, 0.1) is 17.7 Å². The number of carbonyl (C=O) groups is 1. The Hall–Kier alpha value is -1.56. The van der Waals surface area contributed by atoms with Crippen LogP contribution in [0.2, 0.25) is 0 Å². The van der Waals surface area contributed by atoms with E-state index in [4.69, 9.17) is 5.73 Å². The SMILES string of the molecule is NCC(=O)c1cccc(C(F)(F)F)c1O.